The number of methoxy groups -OCH3 is 1. The van der Waals surface area contributed by atoms with Crippen LogP contribution in [0.1, 0.15) is 18.1 Å². The molecule has 0 aliphatic carbocycles. The van der Waals surface area contributed by atoms with E-state index in [1.807, 2.05) is 24.3 Å². The summed E-state index contributed by atoms with van der Waals surface area (Å²) in [7, 11) is 1.65. The number of hydrogen-bond donors (Lipinski definition) is 1. The number of hydrogen-bond acceptors (Lipinski definition) is 3. The fourth-order valence-corrected chi connectivity index (χ4v) is 2.95. The Balaban J connectivity index is 1.97. The Morgan fingerprint density at radius 2 is 1.78 bits per heavy atom. The van der Waals surface area contributed by atoms with Crippen LogP contribution in [0, 0.1) is 0 Å². The van der Waals surface area contributed by atoms with Crippen LogP contribution in [0.15, 0.2) is 48.7 Å². The normalized spacial score (nSPS) is 10.9. The van der Waals surface area contributed by atoms with E-state index in [1.54, 1.807) is 7.11 Å². The zero-order chi connectivity index (χ0) is 16.2. The van der Waals surface area contributed by atoms with Gasteiger partial charge in [0.25, 0.3) is 0 Å². The number of rotatable bonds is 6. The van der Waals surface area contributed by atoms with Gasteiger partial charge in [0.1, 0.15) is 6.61 Å². The Morgan fingerprint density at radius 1 is 1.00 bits per heavy atom. The average molecular weight is 310 g/mol. The van der Waals surface area contributed by atoms with Gasteiger partial charge < -0.3 is 19.8 Å². The van der Waals surface area contributed by atoms with Gasteiger partial charge in [0, 0.05) is 35.8 Å². The summed E-state index contributed by atoms with van der Waals surface area (Å²) in [4.78, 5) is 0. The van der Waals surface area contributed by atoms with Crippen LogP contribution in [-0.2, 0) is 19.7 Å². The molecule has 1 heterocycles. The molecule has 1 aromatic heterocycles. The first kappa shape index (κ1) is 15.4. The zero-order valence-electron chi connectivity index (χ0n) is 13.6. The highest BCUT2D eigenvalue weighted by Gasteiger charge is 2.12. The first-order valence-corrected chi connectivity index (χ1v) is 7.84. The third-order valence-corrected chi connectivity index (χ3v) is 4.08. The Hall–Kier alpha value is -2.46. The lowest BCUT2D eigenvalue weighted by molar-refractivity contribution is 0.285. The smallest absolute Gasteiger partial charge is 0.161 e. The van der Waals surface area contributed by atoms with Crippen molar-refractivity contribution in [2.75, 3.05) is 7.11 Å². The molecule has 3 aromatic rings. The van der Waals surface area contributed by atoms with E-state index < -0.39 is 0 Å². The minimum atomic E-state index is 0.487. The Labute approximate surface area is 136 Å². The van der Waals surface area contributed by atoms with Crippen molar-refractivity contribution in [3.63, 3.8) is 0 Å². The van der Waals surface area contributed by atoms with Crippen molar-refractivity contribution in [1.82, 2.24) is 4.57 Å². The zero-order valence-corrected chi connectivity index (χ0v) is 13.6. The molecule has 2 N–H and O–H groups in total. The molecule has 0 unspecified atom stereocenters. The lowest BCUT2D eigenvalue weighted by Gasteiger charge is -2.10. The summed E-state index contributed by atoms with van der Waals surface area (Å²) in [6.45, 7) is 4.06. The van der Waals surface area contributed by atoms with Crippen LogP contribution in [0.5, 0.6) is 11.5 Å². The number of nitrogens with zero attached hydrogens (tertiary/aromatic N) is 1. The number of nitrogens with two attached hydrogens (primary N) is 1. The molecule has 120 valence electrons. The van der Waals surface area contributed by atoms with Crippen LogP contribution in [0.3, 0.4) is 0 Å². The molecular formula is C19H22N2O2. The molecule has 0 spiro atoms. The largest absolute Gasteiger partial charge is 0.493 e. The molecule has 4 nitrogen and oxygen atoms in total. The summed E-state index contributed by atoms with van der Waals surface area (Å²) in [6.07, 6.45) is 2.15. The van der Waals surface area contributed by atoms with Gasteiger partial charge in [-0.3, -0.25) is 0 Å². The summed E-state index contributed by atoms with van der Waals surface area (Å²) in [5, 5.41) is 1.20. The molecule has 0 saturated heterocycles. The molecule has 0 amide bonds. The number of ether oxygens (including phenoxy) is 2. The van der Waals surface area contributed by atoms with Gasteiger partial charge in [0.15, 0.2) is 11.5 Å². The van der Waals surface area contributed by atoms with Gasteiger partial charge in [-0.1, -0.05) is 24.3 Å². The average Bonchev–Trinajstić information content (AvgIpc) is 2.98. The van der Waals surface area contributed by atoms with Crippen molar-refractivity contribution in [1.29, 1.82) is 0 Å². The Kier molecular flexibility index (Phi) is 4.53. The van der Waals surface area contributed by atoms with Gasteiger partial charge >= 0.3 is 0 Å². The van der Waals surface area contributed by atoms with Gasteiger partial charge in [-0.05, 0) is 30.7 Å². The fraction of sp³-hybridized carbons (Fsp3) is 0.263. The number of fused-ring (bicyclic) bond motifs is 1. The van der Waals surface area contributed by atoms with Crippen LogP contribution in [-0.4, -0.2) is 11.7 Å². The molecule has 3 rings (SSSR count). The lowest BCUT2D eigenvalue weighted by atomic mass is 10.1. The maximum Gasteiger partial charge on any atom is 0.161 e. The highest BCUT2D eigenvalue weighted by Crippen LogP contribution is 2.30. The predicted octanol–water partition coefficient (Wildman–Crippen LogP) is 3.71. The van der Waals surface area contributed by atoms with Crippen molar-refractivity contribution in [2.24, 2.45) is 5.73 Å². The van der Waals surface area contributed by atoms with Gasteiger partial charge in [0.2, 0.25) is 0 Å². The molecule has 0 fully saturated rings. The molecule has 2 aromatic carbocycles. The van der Waals surface area contributed by atoms with Gasteiger partial charge in [0.05, 0.1) is 7.11 Å². The Morgan fingerprint density at radius 3 is 2.48 bits per heavy atom. The molecule has 0 radical (unpaired) electrons. The minimum Gasteiger partial charge on any atom is -0.493 e. The maximum atomic E-state index is 6.00. The van der Waals surface area contributed by atoms with E-state index in [9.17, 15) is 0 Å². The van der Waals surface area contributed by atoms with E-state index in [4.69, 9.17) is 15.2 Å². The predicted molar refractivity (Wildman–Crippen MR) is 92.8 cm³/mol. The number of aryl methyl sites for hydroxylation is 1. The molecule has 0 aliphatic heterocycles. The van der Waals surface area contributed by atoms with Crippen LogP contribution < -0.4 is 15.2 Å². The van der Waals surface area contributed by atoms with Crippen LogP contribution in [0.2, 0.25) is 0 Å². The molecule has 0 atom stereocenters. The highest BCUT2D eigenvalue weighted by atomic mass is 16.5. The van der Waals surface area contributed by atoms with Crippen molar-refractivity contribution in [3.8, 4) is 11.5 Å². The first-order valence-electron chi connectivity index (χ1n) is 7.84. The summed E-state index contributed by atoms with van der Waals surface area (Å²) >= 11 is 0. The van der Waals surface area contributed by atoms with E-state index in [1.165, 1.54) is 10.9 Å². The standard InChI is InChI=1S/C19H22N2O2/c1-3-21-12-15(19-14(11-20)7-6-8-16(19)21)13-23-18-10-5-4-9-17(18)22-2/h4-10,12H,3,11,13,20H2,1-2H3. The topological polar surface area (TPSA) is 49.4 Å². The van der Waals surface area contributed by atoms with E-state index >= 15 is 0 Å². The second-order valence-electron chi connectivity index (χ2n) is 5.40. The molecule has 23 heavy (non-hydrogen) atoms. The maximum absolute atomic E-state index is 6.00. The SMILES string of the molecule is CCn1cc(COc2ccccc2OC)c2c(CN)cccc21. The lowest BCUT2D eigenvalue weighted by Crippen LogP contribution is -2.00. The summed E-state index contributed by atoms with van der Waals surface area (Å²) in [5.74, 6) is 1.49. The van der Waals surface area contributed by atoms with Crippen LogP contribution in [0.4, 0.5) is 0 Å². The second kappa shape index (κ2) is 6.75. The van der Waals surface area contributed by atoms with Crippen molar-refractivity contribution < 1.29 is 9.47 Å². The molecule has 0 saturated carbocycles. The highest BCUT2D eigenvalue weighted by molar-refractivity contribution is 5.87. The van der Waals surface area contributed by atoms with Gasteiger partial charge in [-0.25, -0.2) is 0 Å². The van der Waals surface area contributed by atoms with Crippen molar-refractivity contribution in [3.05, 3.63) is 59.8 Å². The van der Waals surface area contributed by atoms with Crippen molar-refractivity contribution in [2.45, 2.75) is 26.6 Å². The first-order chi connectivity index (χ1) is 11.3. The number of para-hydroxylation sites is 2. The number of benzene rings is 2. The van der Waals surface area contributed by atoms with Crippen LogP contribution in [0.25, 0.3) is 10.9 Å². The monoisotopic (exact) mass is 310 g/mol. The van der Waals surface area contributed by atoms with E-state index in [2.05, 4.69) is 35.9 Å². The van der Waals surface area contributed by atoms with E-state index in [0.717, 1.165) is 29.2 Å². The minimum absolute atomic E-state index is 0.487. The number of aromatic nitrogens is 1. The third-order valence-electron chi connectivity index (χ3n) is 4.08. The quantitative estimate of drug-likeness (QED) is 0.755. The summed E-state index contributed by atoms with van der Waals surface area (Å²) in [5.41, 5.74) is 9.41. The van der Waals surface area contributed by atoms with Gasteiger partial charge in [-0.2, -0.15) is 0 Å². The molecule has 4 heteroatoms. The summed E-state index contributed by atoms with van der Waals surface area (Å²) < 4.78 is 13.6. The molecule has 0 bridgehead atoms. The van der Waals surface area contributed by atoms with Crippen molar-refractivity contribution >= 4 is 10.9 Å². The summed E-state index contributed by atoms with van der Waals surface area (Å²) in [6, 6.07) is 14.0. The fourth-order valence-electron chi connectivity index (χ4n) is 2.95. The molecular weight excluding hydrogens is 288 g/mol. The van der Waals surface area contributed by atoms with E-state index in [0.29, 0.717) is 13.2 Å². The van der Waals surface area contributed by atoms with Crippen LogP contribution >= 0.6 is 0 Å². The molecule has 0 aliphatic rings. The van der Waals surface area contributed by atoms with E-state index in [-0.39, 0.29) is 0 Å². The van der Waals surface area contributed by atoms with Gasteiger partial charge in [-0.15, -0.1) is 0 Å². The second-order valence-corrected chi connectivity index (χ2v) is 5.40. The third kappa shape index (κ3) is 2.90. The Bertz CT molecular complexity index is 808.